The molecule has 1 aliphatic rings. The fourth-order valence-electron chi connectivity index (χ4n) is 2.15. The van der Waals surface area contributed by atoms with Crippen molar-refractivity contribution < 1.29 is 0 Å². The predicted octanol–water partition coefficient (Wildman–Crippen LogP) is 1.58. The highest BCUT2D eigenvalue weighted by molar-refractivity contribution is 7.09. The zero-order valence-electron chi connectivity index (χ0n) is 10.2. The molecule has 1 atom stereocenters. The molecule has 1 unspecified atom stereocenters. The highest BCUT2D eigenvalue weighted by Gasteiger charge is 2.27. The SMILES string of the molecule is Cc1nc(CCNCC2(C)CCNC2)cs1. The quantitative estimate of drug-likeness (QED) is 0.766. The summed E-state index contributed by atoms with van der Waals surface area (Å²) in [6.07, 6.45) is 2.34. The number of rotatable bonds is 5. The molecular formula is C12H21N3S. The number of nitrogens with zero attached hydrogens (tertiary/aromatic N) is 1. The third-order valence-electron chi connectivity index (χ3n) is 3.23. The number of aromatic nitrogens is 1. The Bertz CT molecular complexity index is 329. The first-order chi connectivity index (χ1) is 7.68. The molecule has 0 aromatic carbocycles. The van der Waals surface area contributed by atoms with Crippen LogP contribution in [0.1, 0.15) is 24.0 Å². The van der Waals surface area contributed by atoms with Gasteiger partial charge in [-0.25, -0.2) is 4.98 Å². The van der Waals surface area contributed by atoms with Gasteiger partial charge in [-0.1, -0.05) is 6.92 Å². The molecule has 0 spiro atoms. The first-order valence-electron chi connectivity index (χ1n) is 6.00. The maximum Gasteiger partial charge on any atom is 0.0897 e. The molecule has 2 rings (SSSR count). The Kier molecular flexibility index (Phi) is 3.95. The summed E-state index contributed by atoms with van der Waals surface area (Å²) in [6, 6.07) is 0. The number of aryl methyl sites for hydroxylation is 1. The van der Waals surface area contributed by atoms with E-state index in [1.54, 1.807) is 11.3 Å². The zero-order valence-corrected chi connectivity index (χ0v) is 11.0. The van der Waals surface area contributed by atoms with E-state index in [4.69, 9.17) is 0 Å². The van der Waals surface area contributed by atoms with Gasteiger partial charge in [-0.15, -0.1) is 11.3 Å². The highest BCUT2D eigenvalue weighted by atomic mass is 32.1. The Hall–Kier alpha value is -0.450. The van der Waals surface area contributed by atoms with E-state index in [1.165, 1.54) is 23.7 Å². The first kappa shape index (κ1) is 12.0. The van der Waals surface area contributed by atoms with E-state index >= 15 is 0 Å². The molecule has 1 aromatic rings. The van der Waals surface area contributed by atoms with E-state index in [0.717, 1.165) is 26.1 Å². The van der Waals surface area contributed by atoms with Gasteiger partial charge in [0.15, 0.2) is 0 Å². The van der Waals surface area contributed by atoms with Crippen LogP contribution in [0.25, 0.3) is 0 Å². The van der Waals surface area contributed by atoms with Crippen LogP contribution in [-0.2, 0) is 6.42 Å². The van der Waals surface area contributed by atoms with Crippen molar-refractivity contribution >= 4 is 11.3 Å². The lowest BCUT2D eigenvalue weighted by Crippen LogP contribution is -2.34. The minimum atomic E-state index is 0.456. The summed E-state index contributed by atoms with van der Waals surface area (Å²) >= 11 is 1.74. The van der Waals surface area contributed by atoms with Gasteiger partial charge in [0.25, 0.3) is 0 Å². The molecule has 1 fully saturated rings. The van der Waals surface area contributed by atoms with Gasteiger partial charge in [0.1, 0.15) is 0 Å². The van der Waals surface area contributed by atoms with Crippen molar-refractivity contribution in [2.75, 3.05) is 26.2 Å². The van der Waals surface area contributed by atoms with Gasteiger partial charge in [0.2, 0.25) is 0 Å². The molecule has 90 valence electrons. The highest BCUT2D eigenvalue weighted by Crippen LogP contribution is 2.22. The van der Waals surface area contributed by atoms with Crippen LogP contribution < -0.4 is 10.6 Å². The Labute approximate surface area is 102 Å². The third-order valence-corrected chi connectivity index (χ3v) is 4.06. The average Bonchev–Trinajstić information content (AvgIpc) is 2.84. The first-order valence-corrected chi connectivity index (χ1v) is 6.88. The molecule has 1 aromatic heterocycles. The molecule has 1 saturated heterocycles. The minimum absolute atomic E-state index is 0.456. The van der Waals surface area contributed by atoms with Crippen molar-refractivity contribution in [2.45, 2.75) is 26.7 Å². The van der Waals surface area contributed by atoms with Crippen molar-refractivity contribution in [3.8, 4) is 0 Å². The molecule has 2 heterocycles. The molecule has 1 aliphatic heterocycles. The second-order valence-corrected chi connectivity index (χ2v) is 6.08. The fourth-order valence-corrected chi connectivity index (χ4v) is 2.80. The smallest absolute Gasteiger partial charge is 0.0897 e. The molecule has 0 amide bonds. The van der Waals surface area contributed by atoms with E-state index in [-0.39, 0.29) is 0 Å². The minimum Gasteiger partial charge on any atom is -0.316 e. The fraction of sp³-hybridized carbons (Fsp3) is 0.750. The van der Waals surface area contributed by atoms with Crippen LogP contribution in [0.15, 0.2) is 5.38 Å². The number of hydrogen-bond donors (Lipinski definition) is 2. The molecule has 2 N–H and O–H groups in total. The van der Waals surface area contributed by atoms with Gasteiger partial charge >= 0.3 is 0 Å². The lowest BCUT2D eigenvalue weighted by atomic mass is 9.90. The Balaban J connectivity index is 1.65. The Morgan fingerprint density at radius 3 is 3.12 bits per heavy atom. The summed E-state index contributed by atoms with van der Waals surface area (Å²) in [6.45, 7) is 8.89. The van der Waals surface area contributed by atoms with Crippen LogP contribution in [0.2, 0.25) is 0 Å². The van der Waals surface area contributed by atoms with Crippen LogP contribution in [0.5, 0.6) is 0 Å². The van der Waals surface area contributed by atoms with Crippen LogP contribution in [-0.4, -0.2) is 31.2 Å². The molecule has 16 heavy (non-hydrogen) atoms. The van der Waals surface area contributed by atoms with Crippen molar-refractivity contribution in [3.05, 3.63) is 16.1 Å². The van der Waals surface area contributed by atoms with Gasteiger partial charge in [-0.2, -0.15) is 0 Å². The standard InChI is InChI=1S/C12H21N3S/c1-10-15-11(7-16-10)3-5-13-8-12(2)4-6-14-9-12/h7,13-14H,3-6,8-9H2,1-2H3. The molecule has 0 aliphatic carbocycles. The third kappa shape index (κ3) is 3.27. The molecule has 0 bridgehead atoms. The van der Waals surface area contributed by atoms with E-state index in [2.05, 4.69) is 34.8 Å². The normalized spacial score (nSPS) is 25.1. The van der Waals surface area contributed by atoms with Crippen LogP contribution >= 0.6 is 11.3 Å². The van der Waals surface area contributed by atoms with Crippen molar-refractivity contribution in [2.24, 2.45) is 5.41 Å². The van der Waals surface area contributed by atoms with E-state index < -0.39 is 0 Å². The van der Waals surface area contributed by atoms with Crippen LogP contribution in [0, 0.1) is 12.3 Å². The Morgan fingerprint density at radius 1 is 1.62 bits per heavy atom. The zero-order chi connectivity index (χ0) is 11.4. The van der Waals surface area contributed by atoms with Gasteiger partial charge in [-0.05, 0) is 25.3 Å². The molecular weight excluding hydrogens is 218 g/mol. The lowest BCUT2D eigenvalue weighted by molar-refractivity contribution is 0.341. The maximum atomic E-state index is 4.46. The number of hydrogen-bond acceptors (Lipinski definition) is 4. The van der Waals surface area contributed by atoms with Gasteiger partial charge < -0.3 is 10.6 Å². The van der Waals surface area contributed by atoms with Crippen molar-refractivity contribution in [1.82, 2.24) is 15.6 Å². The predicted molar refractivity (Wildman–Crippen MR) is 69.0 cm³/mol. The maximum absolute atomic E-state index is 4.46. The molecule has 0 radical (unpaired) electrons. The van der Waals surface area contributed by atoms with Gasteiger partial charge in [0.05, 0.1) is 10.7 Å². The number of thiazole rings is 1. The van der Waals surface area contributed by atoms with E-state index in [9.17, 15) is 0 Å². The molecule has 3 nitrogen and oxygen atoms in total. The van der Waals surface area contributed by atoms with E-state index in [0.29, 0.717) is 5.41 Å². The molecule has 4 heteroatoms. The summed E-state index contributed by atoms with van der Waals surface area (Å²) in [5, 5.41) is 10.3. The van der Waals surface area contributed by atoms with Crippen molar-refractivity contribution in [1.29, 1.82) is 0 Å². The number of nitrogens with one attached hydrogen (secondary N) is 2. The average molecular weight is 239 g/mol. The summed E-state index contributed by atoms with van der Waals surface area (Å²) in [4.78, 5) is 4.46. The topological polar surface area (TPSA) is 37.0 Å². The monoisotopic (exact) mass is 239 g/mol. The largest absolute Gasteiger partial charge is 0.316 e. The lowest BCUT2D eigenvalue weighted by Gasteiger charge is -2.22. The Morgan fingerprint density at radius 2 is 2.50 bits per heavy atom. The summed E-state index contributed by atoms with van der Waals surface area (Å²) in [5.74, 6) is 0. The second kappa shape index (κ2) is 5.25. The van der Waals surface area contributed by atoms with Crippen LogP contribution in [0.4, 0.5) is 0 Å². The van der Waals surface area contributed by atoms with Gasteiger partial charge in [-0.3, -0.25) is 0 Å². The van der Waals surface area contributed by atoms with Crippen LogP contribution in [0.3, 0.4) is 0 Å². The van der Waals surface area contributed by atoms with Gasteiger partial charge in [0, 0.05) is 31.4 Å². The van der Waals surface area contributed by atoms with E-state index in [1.807, 2.05) is 0 Å². The van der Waals surface area contributed by atoms with Crippen molar-refractivity contribution in [3.63, 3.8) is 0 Å². The second-order valence-electron chi connectivity index (χ2n) is 5.02. The summed E-state index contributed by atoms with van der Waals surface area (Å²) < 4.78 is 0. The molecule has 0 saturated carbocycles. The summed E-state index contributed by atoms with van der Waals surface area (Å²) in [7, 11) is 0. The summed E-state index contributed by atoms with van der Waals surface area (Å²) in [5.41, 5.74) is 1.68.